The van der Waals surface area contributed by atoms with Gasteiger partial charge >= 0.3 is 0 Å². The normalized spacial score (nSPS) is 10.7. The highest BCUT2D eigenvalue weighted by Crippen LogP contribution is 2.41. The molecule has 1 aromatic heterocycles. The van der Waals surface area contributed by atoms with Crippen LogP contribution in [0.4, 0.5) is 21.6 Å². The fourth-order valence-corrected chi connectivity index (χ4v) is 3.31. The maximum Gasteiger partial charge on any atom is 0.155 e. The van der Waals surface area contributed by atoms with E-state index in [1.54, 1.807) is 31.5 Å². The molecule has 5 nitrogen and oxygen atoms in total. The number of ether oxygens (including phenoxy) is 1. The van der Waals surface area contributed by atoms with Gasteiger partial charge in [0.2, 0.25) is 0 Å². The Morgan fingerprint density at radius 1 is 1.15 bits per heavy atom. The molecule has 0 aliphatic carbocycles. The summed E-state index contributed by atoms with van der Waals surface area (Å²) >= 11 is 12.3. The van der Waals surface area contributed by atoms with Crippen molar-refractivity contribution < 1.29 is 9.13 Å². The van der Waals surface area contributed by atoms with E-state index in [-0.39, 0.29) is 16.4 Å². The second kappa shape index (κ2) is 7.60. The summed E-state index contributed by atoms with van der Waals surface area (Å²) in [6, 6.07) is 9.64. The molecule has 3 aromatic rings. The Morgan fingerprint density at radius 3 is 2.52 bits per heavy atom. The zero-order valence-corrected chi connectivity index (χ0v) is 16.1. The summed E-state index contributed by atoms with van der Waals surface area (Å²) in [5.74, 6) is 6.48. The number of methoxy groups -OCH3 is 1. The van der Waals surface area contributed by atoms with Crippen molar-refractivity contribution in [2.45, 2.75) is 6.92 Å². The van der Waals surface area contributed by atoms with Crippen molar-refractivity contribution >= 4 is 40.4 Å². The topological polar surface area (TPSA) is 77.4 Å². The number of pyridine rings is 1. The number of hydrogen-bond donors (Lipinski definition) is 2. The lowest BCUT2D eigenvalue weighted by atomic mass is 10.0. The first-order valence-electron chi connectivity index (χ1n) is 7.92. The molecule has 0 aliphatic heterocycles. The number of nitrogen functional groups attached to an aromatic ring is 1. The third kappa shape index (κ3) is 3.64. The van der Waals surface area contributed by atoms with Crippen LogP contribution in [0, 0.1) is 12.7 Å². The number of aryl methyl sites for hydroxylation is 1. The van der Waals surface area contributed by atoms with Crippen molar-refractivity contribution in [2.75, 3.05) is 17.9 Å². The molecule has 140 valence electrons. The Bertz CT molecular complexity index is 990. The van der Waals surface area contributed by atoms with Crippen molar-refractivity contribution in [3.8, 4) is 16.9 Å². The van der Waals surface area contributed by atoms with Gasteiger partial charge in [-0.15, -0.1) is 0 Å². The molecule has 8 heteroatoms. The number of benzene rings is 2. The third-order valence-corrected chi connectivity index (χ3v) is 4.64. The van der Waals surface area contributed by atoms with E-state index in [2.05, 4.69) is 4.98 Å². The minimum atomic E-state index is -0.655. The van der Waals surface area contributed by atoms with Gasteiger partial charge in [-0.2, -0.15) is 0 Å². The van der Waals surface area contributed by atoms with Gasteiger partial charge < -0.3 is 10.5 Å². The molecule has 4 N–H and O–H groups in total. The van der Waals surface area contributed by atoms with Crippen LogP contribution in [0.5, 0.6) is 5.75 Å². The van der Waals surface area contributed by atoms with Gasteiger partial charge in [-0.1, -0.05) is 23.2 Å². The Balaban J connectivity index is 2.20. The summed E-state index contributed by atoms with van der Waals surface area (Å²) < 4.78 is 19.7. The number of halogens is 3. The number of nitrogens with zero attached hydrogens (tertiary/aromatic N) is 2. The van der Waals surface area contributed by atoms with Gasteiger partial charge in [-0.3, -0.25) is 5.01 Å². The van der Waals surface area contributed by atoms with Crippen LogP contribution in [0.1, 0.15) is 5.56 Å². The minimum absolute atomic E-state index is 0.0246. The number of nitrogens with two attached hydrogens (primary N) is 2. The summed E-state index contributed by atoms with van der Waals surface area (Å²) in [5, 5.41) is 1.73. The first-order chi connectivity index (χ1) is 12.8. The monoisotopic (exact) mass is 406 g/mol. The average molecular weight is 407 g/mol. The minimum Gasteiger partial charge on any atom is -0.497 e. The standard InChI is InChI=1S/C19H17Cl2FN4O/c1-10-5-6-25-19(17(10)13-4-3-12(27-2)9-14(13)21)26(24)18-15(22)7-11(20)8-16(18)23/h3-9H,23-24H2,1-2H3. The Labute approximate surface area is 166 Å². The zero-order valence-electron chi connectivity index (χ0n) is 14.6. The van der Waals surface area contributed by atoms with E-state index in [1.807, 2.05) is 13.0 Å². The van der Waals surface area contributed by atoms with Gasteiger partial charge in [-0.05, 0) is 48.9 Å². The molecule has 1 heterocycles. The number of hydrogen-bond acceptors (Lipinski definition) is 5. The SMILES string of the molecule is COc1ccc(-c2c(C)ccnc2N(N)c2c(N)cc(Cl)cc2F)c(Cl)c1. The summed E-state index contributed by atoms with van der Waals surface area (Å²) in [6.07, 6.45) is 1.58. The van der Waals surface area contributed by atoms with Gasteiger partial charge in [0.05, 0.1) is 17.8 Å². The maximum atomic E-state index is 14.5. The van der Waals surface area contributed by atoms with Crippen LogP contribution in [0.3, 0.4) is 0 Å². The quantitative estimate of drug-likeness (QED) is 0.357. The highest BCUT2D eigenvalue weighted by atomic mass is 35.5. The maximum absolute atomic E-state index is 14.5. The zero-order chi connectivity index (χ0) is 19.7. The second-order valence-corrected chi connectivity index (χ2v) is 6.71. The van der Waals surface area contributed by atoms with E-state index in [0.29, 0.717) is 27.7 Å². The molecule has 0 radical (unpaired) electrons. The van der Waals surface area contributed by atoms with E-state index < -0.39 is 5.82 Å². The first-order valence-corrected chi connectivity index (χ1v) is 8.68. The van der Waals surface area contributed by atoms with Crippen LogP contribution in [0.25, 0.3) is 11.1 Å². The van der Waals surface area contributed by atoms with Crippen LogP contribution in [-0.4, -0.2) is 12.1 Å². The Morgan fingerprint density at radius 2 is 1.89 bits per heavy atom. The predicted octanol–water partition coefficient (Wildman–Crippen LogP) is 5.11. The molecule has 3 rings (SSSR count). The molecule has 0 atom stereocenters. The van der Waals surface area contributed by atoms with Crippen LogP contribution >= 0.6 is 23.2 Å². The van der Waals surface area contributed by atoms with Gasteiger partial charge in [0.15, 0.2) is 11.6 Å². The van der Waals surface area contributed by atoms with E-state index in [4.69, 9.17) is 39.5 Å². The van der Waals surface area contributed by atoms with Gasteiger partial charge in [0.1, 0.15) is 11.4 Å². The molecule has 0 saturated carbocycles. The lowest BCUT2D eigenvalue weighted by molar-refractivity contribution is 0.415. The fraction of sp³-hybridized carbons (Fsp3) is 0.105. The molecule has 27 heavy (non-hydrogen) atoms. The smallest absolute Gasteiger partial charge is 0.155 e. The first kappa shape index (κ1) is 19.2. The summed E-state index contributed by atoms with van der Waals surface area (Å²) in [5.41, 5.74) is 8.20. The highest BCUT2D eigenvalue weighted by molar-refractivity contribution is 6.33. The van der Waals surface area contributed by atoms with Crippen molar-refractivity contribution in [2.24, 2.45) is 5.84 Å². The fourth-order valence-electron chi connectivity index (χ4n) is 2.83. The van der Waals surface area contributed by atoms with E-state index in [0.717, 1.165) is 16.6 Å². The van der Waals surface area contributed by atoms with Crippen LogP contribution in [0.15, 0.2) is 42.6 Å². The van der Waals surface area contributed by atoms with Crippen molar-refractivity contribution in [3.63, 3.8) is 0 Å². The number of anilines is 3. The van der Waals surface area contributed by atoms with Gasteiger partial charge in [-0.25, -0.2) is 15.2 Å². The predicted molar refractivity (Wildman–Crippen MR) is 108 cm³/mol. The molecule has 0 aliphatic rings. The number of hydrazine groups is 1. The molecular formula is C19H17Cl2FN4O. The summed E-state index contributed by atoms with van der Waals surface area (Å²) in [7, 11) is 1.56. The molecule has 0 spiro atoms. The Kier molecular flexibility index (Phi) is 5.41. The molecule has 0 amide bonds. The molecule has 0 saturated heterocycles. The summed E-state index contributed by atoms with van der Waals surface area (Å²) in [6.45, 7) is 1.89. The highest BCUT2D eigenvalue weighted by Gasteiger charge is 2.22. The van der Waals surface area contributed by atoms with Crippen molar-refractivity contribution in [3.05, 3.63) is 64.0 Å². The van der Waals surface area contributed by atoms with Crippen LogP contribution in [-0.2, 0) is 0 Å². The average Bonchev–Trinajstić information content (AvgIpc) is 2.61. The lowest BCUT2D eigenvalue weighted by Crippen LogP contribution is -2.28. The van der Waals surface area contributed by atoms with Crippen molar-refractivity contribution in [1.82, 2.24) is 4.98 Å². The number of rotatable bonds is 4. The molecule has 0 bridgehead atoms. The molecular weight excluding hydrogens is 390 g/mol. The second-order valence-electron chi connectivity index (χ2n) is 5.87. The third-order valence-electron chi connectivity index (χ3n) is 4.11. The lowest BCUT2D eigenvalue weighted by Gasteiger charge is -2.24. The molecule has 2 aromatic carbocycles. The van der Waals surface area contributed by atoms with Gasteiger partial charge in [0.25, 0.3) is 0 Å². The van der Waals surface area contributed by atoms with E-state index in [1.165, 1.54) is 6.07 Å². The van der Waals surface area contributed by atoms with E-state index >= 15 is 0 Å². The van der Waals surface area contributed by atoms with Crippen molar-refractivity contribution in [1.29, 1.82) is 0 Å². The number of aromatic nitrogens is 1. The van der Waals surface area contributed by atoms with Crippen LogP contribution < -0.4 is 21.3 Å². The van der Waals surface area contributed by atoms with E-state index in [9.17, 15) is 4.39 Å². The summed E-state index contributed by atoms with van der Waals surface area (Å²) in [4.78, 5) is 4.34. The molecule has 0 fully saturated rings. The molecule has 0 unspecified atom stereocenters. The van der Waals surface area contributed by atoms with Gasteiger partial charge in [0, 0.05) is 22.3 Å². The largest absolute Gasteiger partial charge is 0.497 e. The van der Waals surface area contributed by atoms with Crippen LogP contribution in [0.2, 0.25) is 10.0 Å². The Hall–Kier alpha value is -2.54.